The summed E-state index contributed by atoms with van der Waals surface area (Å²) in [7, 11) is 1.40. The Balaban J connectivity index is 3.94. The summed E-state index contributed by atoms with van der Waals surface area (Å²) in [5, 5.41) is 11.1. The van der Waals surface area contributed by atoms with E-state index in [2.05, 4.69) is 5.32 Å². The van der Waals surface area contributed by atoms with E-state index in [-0.39, 0.29) is 12.5 Å². The number of hydrogen-bond donors (Lipinski definition) is 2. The van der Waals surface area contributed by atoms with Gasteiger partial charge in [-0.25, -0.2) is 4.79 Å². The summed E-state index contributed by atoms with van der Waals surface area (Å²) in [4.78, 5) is 22.0. The van der Waals surface area contributed by atoms with E-state index in [9.17, 15) is 9.59 Å². The van der Waals surface area contributed by atoms with Crippen LogP contribution in [-0.4, -0.2) is 36.7 Å². The number of rotatable bonds is 7. The van der Waals surface area contributed by atoms with Crippen molar-refractivity contribution in [1.82, 2.24) is 5.32 Å². The first-order valence-corrected chi connectivity index (χ1v) is 4.98. The second kappa shape index (κ2) is 7.23. The highest BCUT2D eigenvalue weighted by atomic mass is 16.5. The van der Waals surface area contributed by atoms with E-state index in [1.165, 1.54) is 7.11 Å². The lowest BCUT2D eigenvalue weighted by atomic mass is 10.1. The lowest BCUT2D eigenvalue weighted by Crippen LogP contribution is -2.43. The fourth-order valence-corrected chi connectivity index (χ4v) is 1.03. The molecule has 0 aromatic rings. The number of carbonyl (C=O) groups excluding carboxylic acids is 1. The van der Waals surface area contributed by atoms with Crippen LogP contribution in [-0.2, 0) is 14.3 Å². The van der Waals surface area contributed by atoms with Crippen molar-refractivity contribution in [3.8, 4) is 0 Å². The molecule has 15 heavy (non-hydrogen) atoms. The molecule has 0 spiro atoms. The topological polar surface area (TPSA) is 75.6 Å². The molecular weight excluding hydrogens is 198 g/mol. The van der Waals surface area contributed by atoms with Crippen LogP contribution in [0, 0.1) is 5.92 Å². The first-order chi connectivity index (χ1) is 6.97. The monoisotopic (exact) mass is 217 g/mol. The minimum atomic E-state index is -1.07. The van der Waals surface area contributed by atoms with Crippen molar-refractivity contribution >= 4 is 11.9 Å². The Morgan fingerprint density at radius 1 is 1.40 bits per heavy atom. The van der Waals surface area contributed by atoms with E-state index in [1.54, 1.807) is 0 Å². The Labute approximate surface area is 89.8 Å². The fourth-order valence-electron chi connectivity index (χ4n) is 1.03. The number of carboxylic acid groups (broad SMARTS) is 1. The summed E-state index contributed by atoms with van der Waals surface area (Å²) in [6.45, 7) is 4.01. The lowest BCUT2D eigenvalue weighted by molar-refractivity contribution is -0.143. The molecule has 5 nitrogen and oxygen atoms in total. The zero-order valence-electron chi connectivity index (χ0n) is 9.45. The van der Waals surface area contributed by atoms with E-state index in [0.717, 1.165) is 6.42 Å². The van der Waals surface area contributed by atoms with Crippen molar-refractivity contribution in [3.05, 3.63) is 0 Å². The SMILES string of the molecule is COCC(NC(=O)CCC(C)C)C(=O)O. The van der Waals surface area contributed by atoms with Crippen molar-refractivity contribution in [3.63, 3.8) is 0 Å². The second-order valence-corrected chi connectivity index (χ2v) is 3.85. The van der Waals surface area contributed by atoms with Gasteiger partial charge in [-0.3, -0.25) is 4.79 Å². The molecule has 0 saturated heterocycles. The summed E-state index contributed by atoms with van der Waals surface area (Å²) in [6, 6.07) is -0.949. The van der Waals surface area contributed by atoms with Gasteiger partial charge in [-0.2, -0.15) is 0 Å². The van der Waals surface area contributed by atoms with Gasteiger partial charge in [-0.1, -0.05) is 13.8 Å². The van der Waals surface area contributed by atoms with Crippen molar-refractivity contribution in [2.45, 2.75) is 32.7 Å². The third-order valence-electron chi connectivity index (χ3n) is 1.92. The maximum Gasteiger partial charge on any atom is 0.328 e. The van der Waals surface area contributed by atoms with E-state index >= 15 is 0 Å². The molecule has 0 bridgehead atoms. The molecule has 5 heteroatoms. The third-order valence-corrected chi connectivity index (χ3v) is 1.92. The molecule has 0 aliphatic heterocycles. The van der Waals surface area contributed by atoms with Gasteiger partial charge in [0.2, 0.25) is 5.91 Å². The molecule has 0 rings (SSSR count). The Morgan fingerprint density at radius 2 is 2.00 bits per heavy atom. The van der Waals surface area contributed by atoms with Crippen LogP contribution >= 0.6 is 0 Å². The summed E-state index contributed by atoms with van der Waals surface area (Å²) in [5.74, 6) is -0.885. The Kier molecular flexibility index (Phi) is 6.70. The van der Waals surface area contributed by atoms with Crippen molar-refractivity contribution in [1.29, 1.82) is 0 Å². The number of aliphatic carboxylic acids is 1. The summed E-state index contributed by atoms with van der Waals surface area (Å²) in [6.07, 6.45) is 1.11. The average Bonchev–Trinajstić information content (AvgIpc) is 2.14. The van der Waals surface area contributed by atoms with Crippen LogP contribution < -0.4 is 5.32 Å². The molecular formula is C10H19NO4. The molecule has 0 aromatic heterocycles. The fraction of sp³-hybridized carbons (Fsp3) is 0.800. The summed E-state index contributed by atoms with van der Waals surface area (Å²) >= 11 is 0. The van der Waals surface area contributed by atoms with Crippen LogP contribution in [0.25, 0.3) is 0 Å². The standard InChI is InChI=1S/C10H19NO4/c1-7(2)4-5-9(12)11-8(6-15-3)10(13)14/h7-8H,4-6H2,1-3H3,(H,11,12)(H,13,14). The average molecular weight is 217 g/mol. The van der Waals surface area contributed by atoms with Gasteiger partial charge in [0.15, 0.2) is 6.04 Å². The smallest absolute Gasteiger partial charge is 0.328 e. The molecule has 0 saturated carbocycles. The highest BCUT2D eigenvalue weighted by Gasteiger charge is 2.19. The molecule has 1 unspecified atom stereocenters. The minimum Gasteiger partial charge on any atom is -0.480 e. The van der Waals surface area contributed by atoms with Gasteiger partial charge < -0.3 is 15.2 Å². The lowest BCUT2D eigenvalue weighted by Gasteiger charge is -2.13. The summed E-state index contributed by atoms with van der Waals surface area (Å²) < 4.78 is 4.70. The molecule has 0 radical (unpaired) electrons. The van der Waals surface area contributed by atoms with Gasteiger partial charge in [0.05, 0.1) is 6.61 Å². The van der Waals surface area contributed by atoms with Gasteiger partial charge in [-0.15, -0.1) is 0 Å². The van der Waals surface area contributed by atoms with Crippen LogP contribution in [0.4, 0.5) is 0 Å². The second-order valence-electron chi connectivity index (χ2n) is 3.85. The first kappa shape index (κ1) is 13.9. The number of ether oxygens (including phenoxy) is 1. The number of amides is 1. The molecule has 2 N–H and O–H groups in total. The third kappa shape index (κ3) is 6.90. The molecule has 0 heterocycles. The van der Waals surface area contributed by atoms with Crippen LogP contribution in [0.2, 0.25) is 0 Å². The van der Waals surface area contributed by atoms with E-state index in [0.29, 0.717) is 12.3 Å². The molecule has 0 aliphatic carbocycles. The van der Waals surface area contributed by atoms with Crippen LogP contribution in [0.1, 0.15) is 26.7 Å². The maximum atomic E-state index is 11.3. The largest absolute Gasteiger partial charge is 0.480 e. The number of carbonyl (C=O) groups is 2. The van der Waals surface area contributed by atoms with Crippen LogP contribution in [0.5, 0.6) is 0 Å². The summed E-state index contributed by atoms with van der Waals surface area (Å²) in [5.41, 5.74) is 0. The van der Waals surface area contributed by atoms with Crippen LogP contribution in [0.15, 0.2) is 0 Å². The zero-order chi connectivity index (χ0) is 11.8. The Bertz CT molecular complexity index is 215. The van der Waals surface area contributed by atoms with Gasteiger partial charge in [0.25, 0.3) is 0 Å². The number of hydrogen-bond acceptors (Lipinski definition) is 3. The van der Waals surface area contributed by atoms with Gasteiger partial charge in [0.1, 0.15) is 0 Å². The highest BCUT2D eigenvalue weighted by Crippen LogP contribution is 2.03. The molecule has 0 fully saturated rings. The first-order valence-electron chi connectivity index (χ1n) is 4.98. The van der Waals surface area contributed by atoms with Gasteiger partial charge in [0, 0.05) is 13.5 Å². The molecule has 1 atom stereocenters. The quantitative estimate of drug-likeness (QED) is 0.656. The predicted octanol–water partition coefficient (Wildman–Crippen LogP) is 0.638. The molecule has 1 amide bonds. The molecule has 0 aliphatic rings. The number of methoxy groups -OCH3 is 1. The normalized spacial score (nSPS) is 12.5. The minimum absolute atomic E-state index is 0.0112. The number of nitrogens with one attached hydrogen (secondary N) is 1. The van der Waals surface area contributed by atoms with Crippen molar-refractivity contribution < 1.29 is 19.4 Å². The van der Waals surface area contributed by atoms with Crippen molar-refractivity contribution in [2.24, 2.45) is 5.92 Å². The van der Waals surface area contributed by atoms with Crippen molar-refractivity contribution in [2.75, 3.05) is 13.7 Å². The molecule has 88 valence electrons. The van der Waals surface area contributed by atoms with E-state index in [1.807, 2.05) is 13.8 Å². The molecule has 0 aromatic carbocycles. The number of carboxylic acids is 1. The Hall–Kier alpha value is -1.10. The van der Waals surface area contributed by atoms with E-state index in [4.69, 9.17) is 9.84 Å². The predicted molar refractivity (Wildman–Crippen MR) is 55.5 cm³/mol. The highest BCUT2D eigenvalue weighted by molar-refractivity contribution is 5.83. The van der Waals surface area contributed by atoms with E-state index < -0.39 is 12.0 Å². The Morgan fingerprint density at radius 3 is 2.40 bits per heavy atom. The maximum absolute atomic E-state index is 11.3. The van der Waals surface area contributed by atoms with Gasteiger partial charge in [-0.05, 0) is 12.3 Å². The zero-order valence-corrected chi connectivity index (χ0v) is 9.45. The van der Waals surface area contributed by atoms with Crippen LogP contribution in [0.3, 0.4) is 0 Å². The van der Waals surface area contributed by atoms with Gasteiger partial charge >= 0.3 is 5.97 Å².